The van der Waals surface area contributed by atoms with Crippen molar-refractivity contribution in [2.75, 3.05) is 13.7 Å². The quantitative estimate of drug-likeness (QED) is 0.821. The van der Waals surface area contributed by atoms with Gasteiger partial charge in [-0.25, -0.2) is 0 Å². The fourth-order valence-electron chi connectivity index (χ4n) is 2.64. The Morgan fingerprint density at radius 2 is 1.85 bits per heavy atom. The summed E-state index contributed by atoms with van der Waals surface area (Å²) < 4.78 is 22.4. The van der Waals surface area contributed by atoms with Crippen molar-refractivity contribution in [2.24, 2.45) is 0 Å². The van der Waals surface area contributed by atoms with Gasteiger partial charge < -0.3 is 29.2 Å². The zero-order valence-corrected chi connectivity index (χ0v) is 11.1. The fraction of sp³-hybridized carbons (Fsp3) is 0.571. The Morgan fingerprint density at radius 1 is 1.15 bits per heavy atom. The SMILES string of the molecule is CO[C@H]1O[C@H](C(O)CO)[C@@H]2OC(c3ccccc3)O[C@H]12. The van der Waals surface area contributed by atoms with Crippen LogP contribution in [0.4, 0.5) is 0 Å². The van der Waals surface area contributed by atoms with Gasteiger partial charge in [-0.05, 0) is 0 Å². The molecule has 2 unspecified atom stereocenters. The summed E-state index contributed by atoms with van der Waals surface area (Å²) in [6, 6.07) is 9.54. The number of benzene rings is 1. The van der Waals surface area contributed by atoms with Gasteiger partial charge in [0.1, 0.15) is 24.4 Å². The zero-order valence-electron chi connectivity index (χ0n) is 11.1. The summed E-state index contributed by atoms with van der Waals surface area (Å²) in [5, 5.41) is 18.9. The van der Waals surface area contributed by atoms with Gasteiger partial charge in [0.25, 0.3) is 0 Å². The molecule has 2 aliphatic heterocycles. The van der Waals surface area contributed by atoms with E-state index in [-0.39, 0.29) is 0 Å². The van der Waals surface area contributed by atoms with E-state index in [1.54, 1.807) is 0 Å². The summed E-state index contributed by atoms with van der Waals surface area (Å²) >= 11 is 0. The van der Waals surface area contributed by atoms with Gasteiger partial charge in [0, 0.05) is 12.7 Å². The zero-order chi connectivity index (χ0) is 14.1. The first-order chi connectivity index (χ1) is 9.74. The minimum atomic E-state index is -1.03. The summed E-state index contributed by atoms with van der Waals surface area (Å²) in [7, 11) is 1.51. The van der Waals surface area contributed by atoms with E-state index in [0.29, 0.717) is 0 Å². The lowest BCUT2D eigenvalue weighted by Gasteiger charge is -2.22. The number of rotatable bonds is 4. The molecule has 0 saturated carbocycles. The summed E-state index contributed by atoms with van der Waals surface area (Å²) in [6.45, 7) is -0.399. The Kier molecular flexibility index (Phi) is 4.02. The second-order valence-electron chi connectivity index (χ2n) is 4.90. The topological polar surface area (TPSA) is 77.4 Å². The molecule has 6 heteroatoms. The number of methoxy groups -OCH3 is 1. The van der Waals surface area contributed by atoms with Crippen molar-refractivity contribution in [3.05, 3.63) is 35.9 Å². The third kappa shape index (κ3) is 2.35. The number of fused-ring (bicyclic) bond motifs is 1. The van der Waals surface area contributed by atoms with E-state index < -0.39 is 43.6 Å². The third-order valence-electron chi connectivity index (χ3n) is 3.64. The van der Waals surface area contributed by atoms with Crippen molar-refractivity contribution < 1.29 is 29.2 Å². The van der Waals surface area contributed by atoms with Gasteiger partial charge in [-0.2, -0.15) is 0 Å². The average molecular weight is 282 g/mol. The van der Waals surface area contributed by atoms with E-state index in [1.807, 2.05) is 30.3 Å². The Labute approximate surface area is 116 Å². The number of hydrogen-bond donors (Lipinski definition) is 2. The lowest BCUT2D eigenvalue weighted by molar-refractivity contribution is -0.212. The number of aliphatic hydroxyl groups excluding tert-OH is 2. The van der Waals surface area contributed by atoms with Crippen LogP contribution in [-0.4, -0.2) is 54.6 Å². The highest BCUT2D eigenvalue weighted by molar-refractivity contribution is 5.17. The lowest BCUT2D eigenvalue weighted by Crippen LogP contribution is -2.39. The van der Waals surface area contributed by atoms with Crippen LogP contribution in [0.1, 0.15) is 11.9 Å². The third-order valence-corrected chi connectivity index (χ3v) is 3.64. The first-order valence-corrected chi connectivity index (χ1v) is 6.57. The van der Waals surface area contributed by atoms with Crippen molar-refractivity contribution in [3.8, 4) is 0 Å². The van der Waals surface area contributed by atoms with Gasteiger partial charge in [-0.3, -0.25) is 0 Å². The maximum Gasteiger partial charge on any atom is 0.186 e. The van der Waals surface area contributed by atoms with Crippen LogP contribution in [0.3, 0.4) is 0 Å². The normalized spacial score (nSPS) is 37.9. The molecule has 0 aliphatic carbocycles. The first-order valence-electron chi connectivity index (χ1n) is 6.57. The lowest BCUT2D eigenvalue weighted by atomic mass is 10.1. The smallest absolute Gasteiger partial charge is 0.186 e. The van der Waals surface area contributed by atoms with E-state index >= 15 is 0 Å². The molecule has 2 aliphatic rings. The Balaban J connectivity index is 1.78. The highest BCUT2D eigenvalue weighted by atomic mass is 16.8. The molecule has 0 amide bonds. The molecule has 110 valence electrons. The van der Waals surface area contributed by atoms with Crippen molar-refractivity contribution in [1.82, 2.24) is 0 Å². The van der Waals surface area contributed by atoms with E-state index in [4.69, 9.17) is 24.1 Å². The van der Waals surface area contributed by atoms with Gasteiger partial charge in [0.15, 0.2) is 12.6 Å². The van der Waals surface area contributed by atoms with E-state index in [1.165, 1.54) is 7.11 Å². The summed E-state index contributed by atoms with van der Waals surface area (Å²) in [5.74, 6) is 0. The van der Waals surface area contributed by atoms with E-state index in [2.05, 4.69) is 0 Å². The molecule has 3 rings (SSSR count). The van der Waals surface area contributed by atoms with Gasteiger partial charge >= 0.3 is 0 Å². The maximum absolute atomic E-state index is 9.81. The second-order valence-corrected chi connectivity index (χ2v) is 4.90. The largest absolute Gasteiger partial charge is 0.394 e. The second kappa shape index (κ2) is 5.77. The van der Waals surface area contributed by atoms with Gasteiger partial charge in [0.05, 0.1) is 6.61 Å². The highest BCUT2D eigenvalue weighted by Crippen LogP contribution is 2.41. The Hall–Kier alpha value is -1.02. The molecule has 0 radical (unpaired) electrons. The monoisotopic (exact) mass is 282 g/mol. The van der Waals surface area contributed by atoms with E-state index in [0.717, 1.165) is 5.56 Å². The predicted octanol–water partition coefficient (Wildman–Crippen LogP) is 0.194. The average Bonchev–Trinajstić information content (AvgIpc) is 3.06. The minimum Gasteiger partial charge on any atom is -0.394 e. The van der Waals surface area contributed by atoms with Crippen LogP contribution >= 0.6 is 0 Å². The van der Waals surface area contributed by atoms with Gasteiger partial charge in [-0.1, -0.05) is 30.3 Å². The Bertz CT molecular complexity index is 439. The van der Waals surface area contributed by atoms with E-state index in [9.17, 15) is 5.11 Å². The van der Waals surface area contributed by atoms with Gasteiger partial charge in [0.2, 0.25) is 0 Å². The molecule has 0 aromatic heterocycles. The first kappa shape index (κ1) is 13.9. The van der Waals surface area contributed by atoms with Crippen LogP contribution in [0.2, 0.25) is 0 Å². The summed E-state index contributed by atoms with van der Waals surface area (Å²) in [6.07, 6.45) is -3.70. The number of aliphatic hydroxyl groups is 2. The van der Waals surface area contributed by atoms with Crippen LogP contribution in [-0.2, 0) is 18.9 Å². The molecular weight excluding hydrogens is 264 g/mol. The standard InChI is InChI=1S/C14H18O6/c1-17-14-12-11(10(18-14)9(16)7-15)19-13(20-12)8-5-3-2-4-6-8/h2-6,9-16H,7H2,1H3/t9?,10-,11+,12+,13?,14+/m1/s1. The molecular formula is C14H18O6. The van der Waals surface area contributed by atoms with Crippen LogP contribution in [0.5, 0.6) is 0 Å². The summed E-state index contributed by atoms with van der Waals surface area (Å²) in [4.78, 5) is 0. The molecule has 2 fully saturated rings. The molecule has 2 N–H and O–H groups in total. The van der Waals surface area contributed by atoms with Crippen molar-refractivity contribution >= 4 is 0 Å². The molecule has 0 spiro atoms. The van der Waals surface area contributed by atoms with Crippen molar-refractivity contribution in [1.29, 1.82) is 0 Å². The molecule has 2 saturated heterocycles. The molecule has 0 bridgehead atoms. The molecule has 6 nitrogen and oxygen atoms in total. The highest BCUT2D eigenvalue weighted by Gasteiger charge is 2.55. The van der Waals surface area contributed by atoms with Crippen molar-refractivity contribution in [2.45, 2.75) is 37.0 Å². The fourth-order valence-corrected chi connectivity index (χ4v) is 2.64. The Morgan fingerprint density at radius 3 is 2.50 bits per heavy atom. The molecule has 2 heterocycles. The van der Waals surface area contributed by atoms with Gasteiger partial charge in [-0.15, -0.1) is 0 Å². The predicted molar refractivity (Wildman–Crippen MR) is 67.7 cm³/mol. The molecule has 1 aromatic rings. The van der Waals surface area contributed by atoms with Crippen LogP contribution < -0.4 is 0 Å². The molecule has 1 aromatic carbocycles. The number of ether oxygens (including phenoxy) is 4. The maximum atomic E-state index is 9.81. The molecule has 20 heavy (non-hydrogen) atoms. The number of hydrogen-bond acceptors (Lipinski definition) is 6. The van der Waals surface area contributed by atoms with Crippen LogP contribution in [0.15, 0.2) is 30.3 Å². The van der Waals surface area contributed by atoms with Crippen LogP contribution in [0, 0.1) is 0 Å². The van der Waals surface area contributed by atoms with Crippen molar-refractivity contribution in [3.63, 3.8) is 0 Å². The molecule has 6 atom stereocenters. The minimum absolute atomic E-state index is 0.399. The summed E-state index contributed by atoms with van der Waals surface area (Å²) in [5.41, 5.74) is 0.897. The van der Waals surface area contributed by atoms with Crippen LogP contribution in [0.25, 0.3) is 0 Å².